The normalized spacial score (nSPS) is 19.6. The first-order chi connectivity index (χ1) is 6.59. The predicted molar refractivity (Wildman–Crippen MR) is 63.3 cm³/mol. The Bertz CT molecular complexity index is 346. The van der Waals surface area contributed by atoms with E-state index in [2.05, 4.69) is 36.4 Å². The van der Waals surface area contributed by atoms with E-state index in [1.54, 1.807) is 0 Å². The first kappa shape index (κ1) is 9.46. The summed E-state index contributed by atoms with van der Waals surface area (Å²) in [5.74, 6) is 0. The Labute approximate surface area is 89.9 Å². The van der Waals surface area contributed by atoms with E-state index >= 15 is 0 Å². The fourth-order valence-electron chi connectivity index (χ4n) is 1.54. The Morgan fingerprint density at radius 3 is 2.43 bits per heavy atom. The van der Waals surface area contributed by atoms with Crippen LogP contribution in [0.4, 0.5) is 5.69 Å². The molecular formula is C11H14N2S. The van der Waals surface area contributed by atoms with E-state index < -0.39 is 0 Å². The van der Waals surface area contributed by atoms with Crippen LogP contribution in [-0.2, 0) is 0 Å². The average Bonchev–Trinajstić information content (AvgIpc) is 2.43. The second kappa shape index (κ2) is 3.24. The molecule has 2 rings (SSSR count). The van der Waals surface area contributed by atoms with Crippen molar-refractivity contribution in [2.75, 3.05) is 11.6 Å². The van der Waals surface area contributed by atoms with E-state index in [0.717, 1.165) is 11.5 Å². The lowest BCUT2D eigenvalue weighted by Gasteiger charge is -2.18. The highest BCUT2D eigenvalue weighted by molar-refractivity contribution is 7.80. The maximum atomic E-state index is 5.28. The minimum Gasteiger partial charge on any atom is -0.291 e. The maximum Gasteiger partial charge on any atom is 0.102 e. The van der Waals surface area contributed by atoms with Crippen LogP contribution in [0.1, 0.15) is 13.8 Å². The third-order valence-electron chi connectivity index (χ3n) is 2.47. The lowest BCUT2D eigenvalue weighted by Crippen LogP contribution is -2.32. The van der Waals surface area contributed by atoms with E-state index in [1.165, 1.54) is 5.69 Å². The first-order valence-corrected chi connectivity index (χ1v) is 5.14. The molecule has 0 saturated carbocycles. The van der Waals surface area contributed by atoms with Crippen molar-refractivity contribution < 1.29 is 0 Å². The van der Waals surface area contributed by atoms with Crippen LogP contribution in [0.25, 0.3) is 0 Å². The standard InChI is InChI=1S/C11H14N2S/c1-11(2)8-13(12-10(11)14)9-6-4-3-5-7-9/h3-7H,8H2,1-2H3,(H,12,14). The molecule has 1 aromatic carbocycles. The molecule has 0 atom stereocenters. The SMILES string of the molecule is CC1(C)CN(c2ccccc2)NC1=S. The number of hydrogen-bond donors (Lipinski definition) is 1. The summed E-state index contributed by atoms with van der Waals surface area (Å²) in [6.45, 7) is 5.24. The van der Waals surface area contributed by atoms with Crippen LogP contribution in [0.3, 0.4) is 0 Å². The quantitative estimate of drug-likeness (QED) is 0.710. The van der Waals surface area contributed by atoms with Gasteiger partial charge in [0.2, 0.25) is 0 Å². The van der Waals surface area contributed by atoms with Gasteiger partial charge in [0, 0.05) is 5.41 Å². The molecule has 14 heavy (non-hydrogen) atoms. The lowest BCUT2D eigenvalue weighted by atomic mass is 9.95. The van der Waals surface area contributed by atoms with Gasteiger partial charge in [0.1, 0.15) is 4.99 Å². The van der Waals surface area contributed by atoms with E-state index in [-0.39, 0.29) is 5.41 Å². The van der Waals surface area contributed by atoms with E-state index in [0.29, 0.717) is 0 Å². The van der Waals surface area contributed by atoms with Gasteiger partial charge in [-0.05, 0) is 12.1 Å². The van der Waals surface area contributed by atoms with Gasteiger partial charge >= 0.3 is 0 Å². The number of nitrogens with zero attached hydrogens (tertiary/aromatic N) is 1. The second-order valence-corrected chi connectivity index (χ2v) is 4.65. The molecule has 0 bridgehead atoms. The van der Waals surface area contributed by atoms with Gasteiger partial charge in [-0.1, -0.05) is 44.3 Å². The van der Waals surface area contributed by atoms with Crippen molar-refractivity contribution >= 4 is 22.9 Å². The van der Waals surface area contributed by atoms with E-state index in [1.807, 2.05) is 18.2 Å². The number of para-hydroxylation sites is 1. The molecule has 74 valence electrons. The summed E-state index contributed by atoms with van der Waals surface area (Å²) in [4.78, 5) is 0.918. The van der Waals surface area contributed by atoms with Gasteiger partial charge in [-0.25, -0.2) is 0 Å². The van der Waals surface area contributed by atoms with Crippen molar-refractivity contribution in [3.05, 3.63) is 30.3 Å². The molecule has 1 aromatic rings. The maximum absolute atomic E-state index is 5.28. The number of anilines is 1. The summed E-state index contributed by atoms with van der Waals surface area (Å²) in [6, 6.07) is 10.2. The molecule has 0 amide bonds. The van der Waals surface area contributed by atoms with E-state index in [4.69, 9.17) is 12.2 Å². The molecular weight excluding hydrogens is 192 g/mol. The average molecular weight is 206 g/mol. The lowest BCUT2D eigenvalue weighted by molar-refractivity contribution is 0.565. The number of thiocarbonyl (C=S) groups is 1. The van der Waals surface area contributed by atoms with E-state index in [9.17, 15) is 0 Å². The van der Waals surface area contributed by atoms with Gasteiger partial charge in [0.15, 0.2) is 0 Å². The van der Waals surface area contributed by atoms with Crippen LogP contribution < -0.4 is 10.4 Å². The molecule has 0 aliphatic carbocycles. The minimum atomic E-state index is 0.0746. The fraction of sp³-hybridized carbons (Fsp3) is 0.364. The summed E-state index contributed by atoms with van der Waals surface area (Å²) < 4.78 is 0. The summed E-state index contributed by atoms with van der Waals surface area (Å²) in [5.41, 5.74) is 4.47. The van der Waals surface area contributed by atoms with Crippen molar-refractivity contribution in [1.82, 2.24) is 5.43 Å². The molecule has 1 aliphatic heterocycles. The van der Waals surface area contributed by atoms with Crippen molar-refractivity contribution in [2.45, 2.75) is 13.8 Å². The number of hydrazine groups is 1. The molecule has 0 aromatic heterocycles. The molecule has 0 unspecified atom stereocenters. The summed E-state index contributed by atoms with van der Waals surface area (Å²) in [6.07, 6.45) is 0. The Morgan fingerprint density at radius 1 is 1.29 bits per heavy atom. The van der Waals surface area contributed by atoms with Gasteiger partial charge in [-0.2, -0.15) is 0 Å². The molecule has 0 spiro atoms. The molecule has 1 N–H and O–H groups in total. The Kier molecular flexibility index (Phi) is 2.19. The monoisotopic (exact) mass is 206 g/mol. The van der Waals surface area contributed by atoms with Crippen LogP contribution in [0.15, 0.2) is 30.3 Å². The minimum absolute atomic E-state index is 0.0746. The smallest absolute Gasteiger partial charge is 0.102 e. The van der Waals surface area contributed by atoms with Crippen molar-refractivity contribution in [3.63, 3.8) is 0 Å². The number of nitrogens with one attached hydrogen (secondary N) is 1. The molecule has 1 fully saturated rings. The van der Waals surface area contributed by atoms with Crippen LogP contribution in [0, 0.1) is 5.41 Å². The van der Waals surface area contributed by atoms with Gasteiger partial charge in [-0.3, -0.25) is 10.4 Å². The van der Waals surface area contributed by atoms with Gasteiger partial charge in [-0.15, -0.1) is 0 Å². The Hall–Kier alpha value is -1.09. The molecule has 2 nitrogen and oxygen atoms in total. The molecule has 1 heterocycles. The third kappa shape index (κ3) is 1.60. The number of rotatable bonds is 1. The zero-order valence-electron chi connectivity index (χ0n) is 8.45. The Balaban J connectivity index is 2.21. The molecule has 1 saturated heterocycles. The van der Waals surface area contributed by atoms with Crippen LogP contribution in [0.5, 0.6) is 0 Å². The van der Waals surface area contributed by atoms with Crippen molar-refractivity contribution in [3.8, 4) is 0 Å². The predicted octanol–water partition coefficient (Wildman–Crippen LogP) is 2.36. The van der Waals surface area contributed by atoms with Gasteiger partial charge < -0.3 is 0 Å². The topological polar surface area (TPSA) is 15.3 Å². The Morgan fingerprint density at radius 2 is 1.93 bits per heavy atom. The molecule has 1 aliphatic rings. The van der Waals surface area contributed by atoms with Crippen LogP contribution in [0.2, 0.25) is 0 Å². The summed E-state index contributed by atoms with van der Waals surface area (Å²) in [5, 5.41) is 2.10. The third-order valence-corrected chi connectivity index (χ3v) is 3.12. The molecule has 3 heteroatoms. The first-order valence-electron chi connectivity index (χ1n) is 4.73. The van der Waals surface area contributed by atoms with Crippen LogP contribution in [-0.4, -0.2) is 11.5 Å². The van der Waals surface area contributed by atoms with Gasteiger partial charge in [0.05, 0.1) is 12.2 Å². The summed E-state index contributed by atoms with van der Waals surface area (Å²) >= 11 is 5.28. The van der Waals surface area contributed by atoms with Crippen LogP contribution >= 0.6 is 12.2 Å². The zero-order valence-corrected chi connectivity index (χ0v) is 9.27. The molecule has 0 radical (unpaired) electrons. The number of hydrogen-bond acceptors (Lipinski definition) is 2. The highest BCUT2D eigenvalue weighted by Crippen LogP contribution is 2.27. The van der Waals surface area contributed by atoms with Crippen molar-refractivity contribution in [2.24, 2.45) is 5.41 Å². The highest BCUT2D eigenvalue weighted by atomic mass is 32.1. The highest BCUT2D eigenvalue weighted by Gasteiger charge is 2.34. The fourth-order valence-corrected chi connectivity index (χ4v) is 1.72. The van der Waals surface area contributed by atoms with Gasteiger partial charge in [0.25, 0.3) is 0 Å². The zero-order chi connectivity index (χ0) is 10.2. The number of benzene rings is 1. The summed E-state index contributed by atoms with van der Waals surface area (Å²) in [7, 11) is 0. The largest absolute Gasteiger partial charge is 0.291 e. The second-order valence-electron chi connectivity index (χ2n) is 4.25. The van der Waals surface area contributed by atoms with Crippen molar-refractivity contribution in [1.29, 1.82) is 0 Å².